The molecule has 0 aromatic carbocycles. The summed E-state index contributed by atoms with van der Waals surface area (Å²) >= 11 is 0. The highest BCUT2D eigenvalue weighted by Crippen LogP contribution is 2.54. The van der Waals surface area contributed by atoms with Crippen LogP contribution in [-0.4, -0.2) is 22.3 Å². The summed E-state index contributed by atoms with van der Waals surface area (Å²) < 4.78 is 0. The Morgan fingerprint density at radius 3 is 2.72 bits per heavy atom. The van der Waals surface area contributed by atoms with Crippen LogP contribution in [0, 0.1) is 17.3 Å². The molecule has 100 valence electrons. The first-order valence-corrected chi connectivity index (χ1v) is 6.64. The Hall–Kier alpha value is -1.09. The van der Waals surface area contributed by atoms with E-state index in [4.69, 9.17) is 5.11 Å². The molecule has 2 fully saturated rings. The molecule has 0 heterocycles. The lowest BCUT2D eigenvalue weighted by molar-refractivity contribution is -0.134. The highest BCUT2D eigenvalue weighted by Gasteiger charge is 2.49. The molecule has 0 bridgehead atoms. The molecule has 3 nitrogen and oxygen atoms in total. The summed E-state index contributed by atoms with van der Waals surface area (Å²) in [5, 5.41) is 19.5. The molecule has 0 aromatic rings. The summed E-state index contributed by atoms with van der Waals surface area (Å²) in [5.41, 5.74) is 1.28. The Balaban J connectivity index is 2.23. The number of hydrogen-bond donors (Lipinski definition) is 2. The monoisotopic (exact) mass is 250 g/mol. The van der Waals surface area contributed by atoms with Crippen molar-refractivity contribution in [1.29, 1.82) is 0 Å². The number of allylic oxidation sites excluding steroid dienone is 1. The van der Waals surface area contributed by atoms with Gasteiger partial charge < -0.3 is 10.2 Å². The molecule has 18 heavy (non-hydrogen) atoms. The van der Waals surface area contributed by atoms with E-state index < -0.39 is 12.1 Å². The van der Waals surface area contributed by atoms with Gasteiger partial charge in [0.25, 0.3) is 0 Å². The van der Waals surface area contributed by atoms with E-state index in [-0.39, 0.29) is 22.8 Å². The van der Waals surface area contributed by atoms with E-state index in [0.717, 1.165) is 25.7 Å². The Labute approximate surface area is 108 Å². The maximum Gasteiger partial charge on any atom is 0.331 e. The third kappa shape index (κ3) is 2.01. The van der Waals surface area contributed by atoms with Crippen LogP contribution in [0.3, 0.4) is 0 Å². The average Bonchev–Trinajstić information content (AvgIpc) is 2.30. The number of aliphatic carboxylic acids is 1. The zero-order chi connectivity index (χ0) is 13.5. The minimum Gasteiger partial charge on any atom is -0.478 e. The molecule has 2 aliphatic rings. The Morgan fingerprint density at radius 1 is 1.44 bits per heavy atom. The number of carboxylic acid groups (broad SMARTS) is 1. The zero-order valence-electron chi connectivity index (χ0n) is 11.0. The number of carbonyl (C=O) groups is 1. The van der Waals surface area contributed by atoms with E-state index in [1.54, 1.807) is 0 Å². The van der Waals surface area contributed by atoms with Crippen molar-refractivity contribution < 1.29 is 15.0 Å². The van der Waals surface area contributed by atoms with E-state index in [0.29, 0.717) is 6.42 Å². The van der Waals surface area contributed by atoms with Crippen molar-refractivity contribution in [2.45, 2.75) is 45.1 Å². The summed E-state index contributed by atoms with van der Waals surface area (Å²) in [6.45, 7) is 9.90. The second kappa shape index (κ2) is 4.54. The van der Waals surface area contributed by atoms with Crippen LogP contribution in [0.1, 0.15) is 39.0 Å². The normalized spacial score (nSPS) is 40.1. The molecular weight excluding hydrogens is 228 g/mol. The molecule has 0 radical (unpaired) electrons. The average molecular weight is 250 g/mol. The standard InChI is InChI=1S/C15H22O3/c1-9-5-4-6-15(3)12(9)7-11(8-13(15)16)10(2)14(17)18/h11-13,16H,1-2,4-8H2,3H3,(H,17,18)/t11-,12+,13+,15+/m1/s1. The number of aliphatic hydroxyl groups is 1. The number of carboxylic acids is 1. The van der Waals surface area contributed by atoms with Gasteiger partial charge in [-0.15, -0.1) is 0 Å². The predicted octanol–water partition coefficient (Wildman–Crippen LogP) is 2.76. The van der Waals surface area contributed by atoms with Crippen LogP contribution >= 0.6 is 0 Å². The van der Waals surface area contributed by atoms with Gasteiger partial charge in [-0.2, -0.15) is 0 Å². The molecule has 0 aromatic heterocycles. The Kier molecular flexibility index (Phi) is 3.37. The van der Waals surface area contributed by atoms with Gasteiger partial charge >= 0.3 is 5.97 Å². The van der Waals surface area contributed by atoms with Crippen LogP contribution in [0.15, 0.2) is 24.3 Å². The van der Waals surface area contributed by atoms with Gasteiger partial charge in [-0.3, -0.25) is 0 Å². The van der Waals surface area contributed by atoms with Crippen molar-refractivity contribution >= 4 is 5.97 Å². The van der Waals surface area contributed by atoms with Gasteiger partial charge in [0, 0.05) is 11.0 Å². The number of rotatable bonds is 2. The lowest BCUT2D eigenvalue weighted by Gasteiger charge is -2.51. The van der Waals surface area contributed by atoms with Crippen molar-refractivity contribution in [3.8, 4) is 0 Å². The first-order chi connectivity index (χ1) is 8.36. The van der Waals surface area contributed by atoms with E-state index in [9.17, 15) is 9.90 Å². The largest absolute Gasteiger partial charge is 0.478 e. The highest BCUT2D eigenvalue weighted by atomic mass is 16.4. The molecule has 4 atom stereocenters. The van der Waals surface area contributed by atoms with Gasteiger partial charge in [0.1, 0.15) is 0 Å². The molecule has 2 rings (SSSR count). The molecule has 2 aliphatic carbocycles. The van der Waals surface area contributed by atoms with Gasteiger partial charge in [0.05, 0.1) is 6.10 Å². The fourth-order valence-electron chi connectivity index (χ4n) is 3.72. The topological polar surface area (TPSA) is 57.5 Å². The molecule has 0 spiro atoms. The number of hydrogen-bond acceptors (Lipinski definition) is 2. The van der Waals surface area contributed by atoms with Crippen molar-refractivity contribution in [1.82, 2.24) is 0 Å². The third-order valence-corrected chi connectivity index (χ3v) is 5.06. The molecule has 0 unspecified atom stereocenters. The molecule has 2 N–H and O–H groups in total. The highest BCUT2D eigenvalue weighted by molar-refractivity contribution is 5.86. The van der Waals surface area contributed by atoms with Gasteiger partial charge in [-0.25, -0.2) is 4.79 Å². The zero-order valence-corrected chi connectivity index (χ0v) is 11.0. The van der Waals surface area contributed by atoms with E-state index >= 15 is 0 Å². The van der Waals surface area contributed by atoms with Crippen LogP contribution in [0.5, 0.6) is 0 Å². The molecule has 0 saturated heterocycles. The number of aliphatic hydroxyl groups excluding tert-OH is 1. The van der Waals surface area contributed by atoms with Gasteiger partial charge in [0.2, 0.25) is 0 Å². The van der Waals surface area contributed by atoms with Crippen molar-refractivity contribution in [2.75, 3.05) is 0 Å². The van der Waals surface area contributed by atoms with Crippen molar-refractivity contribution in [3.63, 3.8) is 0 Å². The van der Waals surface area contributed by atoms with E-state index in [1.165, 1.54) is 5.57 Å². The smallest absolute Gasteiger partial charge is 0.331 e. The first-order valence-electron chi connectivity index (χ1n) is 6.64. The minimum atomic E-state index is -0.947. The molecular formula is C15H22O3. The molecule has 3 heteroatoms. The summed E-state index contributed by atoms with van der Waals surface area (Å²) in [6.07, 6.45) is 3.93. The Bertz CT molecular complexity index is 399. The predicted molar refractivity (Wildman–Crippen MR) is 70.1 cm³/mol. The quantitative estimate of drug-likeness (QED) is 0.585. The lowest BCUT2D eigenvalue weighted by Crippen LogP contribution is -2.48. The molecule has 0 aliphatic heterocycles. The van der Waals surface area contributed by atoms with Gasteiger partial charge in [0.15, 0.2) is 0 Å². The van der Waals surface area contributed by atoms with Crippen LogP contribution < -0.4 is 0 Å². The minimum absolute atomic E-state index is 0.120. The van der Waals surface area contributed by atoms with Crippen LogP contribution in [0.25, 0.3) is 0 Å². The summed E-state index contributed by atoms with van der Waals surface area (Å²) in [4.78, 5) is 11.0. The van der Waals surface area contributed by atoms with E-state index in [2.05, 4.69) is 20.1 Å². The van der Waals surface area contributed by atoms with Crippen molar-refractivity contribution in [2.24, 2.45) is 17.3 Å². The fourth-order valence-corrected chi connectivity index (χ4v) is 3.72. The maximum atomic E-state index is 11.0. The summed E-state index contributed by atoms with van der Waals surface area (Å²) in [7, 11) is 0. The summed E-state index contributed by atoms with van der Waals surface area (Å²) in [6, 6.07) is 0. The lowest BCUT2D eigenvalue weighted by atomic mass is 9.55. The van der Waals surface area contributed by atoms with Crippen LogP contribution in [0.2, 0.25) is 0 Å². The maximum absolute atomic E-state index is 11.0. The van der Waals surface area contributed by atoms with Crippen LogP contribution in [0.4, 0.5) is 0 Å². The van der Waals surface area contributed by atoms with E-state index in [1.807, 2.05) is 0 Å². The van der Waals surface area contributed by atoms with Crippen LogP contribution in [-0.2, 0) is 4.79 Å². The fraction of sp³-hybridized carbons (Fsp3) is 0.667. The second-order valence-corrected chi connectivity index (χ2v) is 6.08. The SMILES string of the molecule is C=C(C(=O)O)[C@H]1C[C@H](O)[C@@]2(C)CCCC(=C)[C@@H]2C1. The first kappa shape index (κ1) is 13.3. The molecule has 2 saturated carbocycles. The number of fused-ring (bicyclic) bond motifs is 1. The Morgan fingerprint density at radius 2 is 2.11 bits per heavy atom. The van der Waals surface area contributed by atoms with Gasteiger partial charge in [-0.05, 0) is 43.9 Å². The van der Waals surface area contributed by atoms with Gasteiger partial charge in [-0.1, -0.05) is 25.7 Å². The van der Waals surface area contributed by atoms with Crippen molar-refractivity contribution in [3.05, 3.63) is 24.3 Å². The molecule has 0 amide bonds. The summed E-state index contributed by atoms with van der Waals surface area (Å²) in [5.74, 6) is -0.834. The second-order valence-electron chi connectivity index (χ2n) is 6.08. The third-order valence-electron chi connectivity index (χ3n) is 5.06.